The van der Waals surface area contributed by atoms with E-state index in [-0.39, 0.29) is 6.04 Å². The molecule has 0 amide bonds. The number of hydrogen-bond acceptors (Lipinski definition) is 3. The van der Waals surface area contributed by atoms with Crippen molar-refractivity contribution in [3.8, 4) is 0 Å². The molecule has 0 radical (unpaired) electrons. The van der Waals surface area contributed by atoms with Crippen LogP contribution in [-0.2, 0) is 6.54 Å². The number of anilines is 2. The summed E-state index contributed by atoms with van der Waals surface area (Å²) < 4.78 is 13.8. The largest absolute Gasteiger partial charge is 0.330 e. The quantitative estimate of drug-likeness (QED) is 0.888. The number of hydrogen-bond donors (Lipinski definition) is 1. The molecular weight excluding hydrogens is 289 g/mol. The average molecular weight is 319 g/mol. The molecular formula is C19H30FN3. The molecule has 1 aliphatic carbocycles. The Hall–Kier alpha value is -1.55. The van der Waals surface area contributed by atoms with E-state index in [9.17, 15) is 4.39 Å². The van der Waals surface area contributed by atoms with E-state index in [1.54, 1.807) is 0 Å². The highest BCUT2D eigenvalue weighted by molar-refractivity contribution is 5.82. The lowest BCUT2D eigenvalue weighted by Crippen LogP contribution is -2.39. The molecule has 23 heavy (non-hydrogen) atoms. The Kier molecular flexibility index (Phi) is 6.05. The highest BCUT2D eigenvalue weighted by Gasteiger charge is 2.26. The molecule has 1 aliphatic heterocycles. The molecule has 1 aromatic rings. The number of nitrogens with one attached hydrogen (secondary N) is 1. The van der Waals surface area contributed by atoms with Gasteiger partial charge in [-0.25, -0.2) is 4.39 Å². The first-order chi connectivity index (χ1) is 11.1. The molecule has 0 aromatic heterocycles. The van der Waals surface area contributed by atoms with E-state index in [0.29, 0.717) is 6.42 Å². The Morgan fingerprint density at radius 2 is 1.78 bits per heavy atom. The molecule has 2 atom stereocenters. The van der Waals surface area contributed by atoms with Crippen molar-refractivity contribution in [2.75, 3.05) is 23.9 Å². The molecule has 0 unspecified atom stereocenters. The lowest BCUT2D eigenvalue weighted by Gasteiger charge is -2.27. The van der Waals surface area contributed by atoms with Crippen LogP contribution in [0.3, 0.4) is 0 Å². The molecule has 4 heteroatoms. The van der Waals surface area contributed by atoms with E-state index < -0.39 is 6.17 Å². The van der Waals surface area contributed by atoms with Crippen LogP contribution in [0.2, 0.25) is 0 Å². The van der Waals surface area contributed by atoms with E-state index in [1.807, 2.05) is 27.9 Å². The summed E-state index contributed by atoms with van der Waals surface area (Å²) >= 11 is 0. The van der Waals surface area contributed by atoms with E-state index >= 15 is 0 Å². The third-order valence-electron chi connectivity index (χ3n) is 4.79. The molecule has 3 nitrogen and oxygen atoms in total. The maximum absolute atomic E-state index is 13.8. The Morgan fingerprint density at radius 1 is 1.13 bits per heavy atom. The number of nitrogens with zero attached hydrogens (tertiary/aromatic N) is 2. The Balaban J connectivity index is 0.000000924. The van der Waals surface area contributed by atoms with Crippen LogP contribution in [0.1, 0.15) is 45.1 Å². The summed E-state index contributed by atoms with van der Waals surface area (Å²) in [4.78, 5) is 4.18. The first-order valence-electron chi connectivity index (χ1n) is 8.74. The van der Waals surface area contributed by atoms with Crippen molar-refractivity contribution >= 4 is 11.4 Å². The molecule has 0 spiro atoms. The fraction of sp³-hybridized carbons (Fsp3) is 0.579. The zero-order chi connectivity index (χ0) is 17.0. The Labute approximate surface area is 140 Å². The summed E-state index contributed by atoms with van der Waals surface area (Å²) in [6.07, 6.45) is 3.12. The van der Waals surface area contributed by atoms with E-state index in [1.165, 1.54) is 16.9 Å². The third-order valence-corrected chi connectivity index (χ3v) is 4.79. The number of benzene rings is 1. The monoisotopic (exact) mass is 319 g/mol. The topological polar surface area (TPSA) is 18.5 Å². The molecule has 3 rings (SSSR count). The van der Waals surface area contributed by atoms with Crippen molar-refractivity contribution in [3.63, 3.8) is 0 Å². The SMILES string of the molecule is C=C1N(C)c2ccc(CN[C@@H]3CCCC[C@@H]3F)cc2N1C.CC. The highest BCUT2D eigenvalue weighted by atomic mass is 19.1. The summed E-state index contributed by atoms with van der Waals surface area (Å²) in [6.45, 7) is 8.80. The molecule has 128 valence electrons. The summed E-state index contributed by atoms with van der Waals surface area (Å²) in [5.74, 6) is 0.978. The molecule has 1 heterocycles. The summed E-state index contributed by atoms with van der Waals surface area (Å²) in [5.41, 5.74) is 3.54. The van der Waals surface area contributed by atoms with Gasteiger partial charge in [-0.3, -0.25) is 0 Å². The second-order valence-corrected chi connectivity index (χ2v) is 6.15. The molecule has 0 saturated heterocycles. The van der Waals surface area contributed by atoms with Gasteiger partial charge in [0.05, 0.1) is 11.4 Å². The third kappa shape index (κ3) is 3.69. The molecule has 0 bridgehead atoms. The predicted octanol–water partition coefficient (Wildman–Crippen LogP) is 4.44. The van der Waals surface area contributed by atoms with Gasteiger partial charge in [0, 0.05) is 26.7 Å². The maximum Gasteiger partial charge on any atom is 0.115 e. The van der Waals surface area contributed by atoms with Crippen LogP contribution in [0.25, 0.3) is 0 Å². The molecule has 1 N–H and O–H groups in total. The van der Waals surface area contributed by atoms with Gasteiger partial charge in [0.2, 0.25) is 0 Å². The Morgan fingerprint density at radius 3 is 2.48 bits per heavy atom. The van der Waals surface area contributed by atoms with Crippen molar-refractivity contribution in [1.82, 2.24) is 5.32 Å². The van der Waals surface area contributed by atoms with Gasteiger partial charge >= 0.3 is 0 Å². The summed E-state index contributed by atoms with van der Waals surface area (Å²) in [6, 6.07) is 6.43. The first-order valence-corrected chi connectivity index (χ1v) is 8.74. The number of alkyl halides is 1. The fourth-order valence-electron chi connectivity index (χ4n) is 3.30. The van der Waals surface area contributed by atoms with Crippen molar-refractivity contribution in [3.05, 3.63) is 36.2 Å². The van der Waals surface area contributed by atoms with Crippen molar-refractivity contribution in [1.29, 1.82) is 0 Å². The standard InChI is InChI=1S/C17H24FN3.C2H6/c1-12-20(2)16-9-8-13(10-17(16)21(12)3)11-19-15-7-5-4-6-14(15)18;1-2/h8-10,14-15,19H,1,4-7,11H2,2-3H3;1-2H3/t14-,15+;/m0./s1. The van der Waals surface area contributed by atoms with Crippen LogP contribution in [0.5, 0.6) is 0 Å². The van der Waals surface area contributed by atoms with Crippen molar-refractivity contribution in [2.24, 2.45) is 0 Å². The average Bonchev–Trinajstić information content (AvgIpc) is 2.80. The fourth-order valence-corrected chi connectivity index (χ4v) is 3.30. The number of fused-ring (bicyclic) bond motifs is 1. The van der Waals surface area contributed by atoms with E-state index in [0.717, 1.165) is 31.6 Å². The lowest BCUT2D eigenvalue weighted by atomic mass is 9.93. The van der Waals surface area contributed by atoms with Gasteiger partial charge in [0.1, 0.15) is 12.0 Å². The smallest absolute Gasteiger partial charge is 0.115 e. The van der Waals surface area contributed by atoms with Gasteiger partial charge in [0.25, 0.3) is 0 Å². The molecule has 1 aromatic carbocycles. The van der Waals surface area contributed by atoms with Gasteiger partial charge in [-0.15, -0.1) is 0 Å². The Bertz CT molecular complexity index is 543. The van der Waals surface area contributed by atoms with Crippen LogP contribution in [0.4, 0.5) is 15.8 Å². The minimum atomic E-state index is -0.693. The predicted molar refractivity (Wildman–Crippen MR) is 97.7 cm³/mol. The van der Waals surface area contributed by atoms with Crippen molar-refractivity contribution < 1.29 is 4.39 Å². The van der Waals surface area contributed by atoms with Gasteiger partial charge in [0.15, 0.2) is 0 Å². The van der Waals surface area contributed by atoms with Crippen LogP contribution >= 0.6 is 0 Å². The van der Waals surface area contributed by atoms with Crippen LogP contribution in [-0.4, -0.2) is 26.3 Å². The minimum absolute atomic E-state index is 0.0161. The number of rotatable bonds is 3. The van der Waals surface area contributed by atoms with E-state index in [2.05, 4.69) is 39.9 Å². The first kappa shape index (κ1) is 17.8. The van der Waals surface area contributed by atoms with Crippen LogP contribution < -0.4 is 15.1 Å². The summed E-state index contributed by atoms with van der Waals surface area (Å²) in [5, 5.41) is 3.39. The van der Waals surface area contributed by atoms with Crippen LogP contribution in [0.15, 0.2) is 30.6 Å². The van der Waals surface area contributed by atoms with Gasteiger partial charge in [-0.05, 0) is 30.5 Å². The maximum atomic E-state index is 13.8. The van der Waals surface area contributed by atoms with E-state index in [4.69, 9.17) is 0 Å². The molecule has 1 saturated carbocycles. The van der Waals surface area contributed by atoms with Gasteiger partial charge in [-0.1, -0.05) is 39.3 Å². The van der Waals surface area contributed by atoms with Crippen LogP contribution in [0, 0.1) is 0 Å². The lowest BCUT2D eigenvalue weighted by molar-refractivity contribution is 0.188. The molecule has 2 aliphatic rings. The second kappa shape index (κ2) is 7.82. The minimum Gasteiger partial charge on any atom is -0.330 e. The molecule has 1 fully saturated rings. The summed E-state index contributed by atoms with van der Waals surface area (Å²) in [7, 11) is 4.05. The van der Waals surface area contributed by atoms with Crippen molar-refractivity contribution in [2.45, 2.75) is 58.3 Å². The number of halogens is 1. The van der Waals surface area contributed by atoms with Gasteiger partial charge < -0.3 is 15.1 Å². The zero-order valence-corrected chi connectivity index (χ0v) is 14.9. The highest BCUT2D eigenvalue weighted by Crippen LogP contribution is 2.39. The second-order valence-electron chi connectivity index (χ2n) is 6.15. The normalized spacial score (nSPS) is 23.4. The zero-order valence-electron chi connectivity index (χ0n) is 14.9. The van der Waals surface area contributed by atoms with Gasteiger partial charge in [-0.2, -0.15) is 0 Å².